The monoisotopic (exact) mass is 597 g/mol. The van der Waals surface area contributed by atoms with Gasteiger partial charge in [-0.2, -0.15) is 0 Å². The first kappa shape index (κ1) is 30.5. The van der Waals surface area contributed by atoms with Crippen molar-refractivity contribution < 1.29 is 4.92 Å². The third kappa shape index (κ3) is 6.69. The zero-order chi connectivity index (χ0) is 30.3. The molecule has 8 heteroatoms. The lowest BCUT2D eigenvalue weighted by molar-refractivity contribution is -0.384. The number of hydrogen-bond acceptors (Lipinski definition) is 7. The van der Waals surface area contributed by atoms with E-state index in [2.05, 4.69) is 90.9 Å². The van der Waals surface area contributed by atoms with Crippen LogP contribution in [0.3, 0.4) is 0 Å². The van der Waals surface area contributed by atoms with E-state index in [1.165, 1.54) is 28.9 Å². The number of rotatable bonds is 12. The van der Waals surface area contributed by atoms with Gasteiger partial charge < -0.3 is 14.7 Å². The zero-order valence-corrected chi connectivity index (χ0v) is 26.6. The highest BCUT2D eigenvalue weighted by Crippen LogP contribution is 2.45. The predicted octanol–water partition coefficient (Wildman–Crippen LogP) is 8.58. The quantitative estimate of drug-likeness (QED) is 0.120. The second-order valence-electron chi connectivity index (χ2n) is 11.0. The highest BCUT2D eigenvalue weighted by Gasteiger charge is 2.28. The number of non-ortho nitro benzene ring substituents is 1. The van der Waals surface area contributed by atoms with E-state index in [0.29, 0.717) is 0 Å². The van der Waals surface area contributed by atoms with Gasteiger partial charge in [0.15, 0.2) is 5.13 Å². The van der Waals surface area contributed by atoms with E-state index in [9.17, 15) is 10.1 Å². The summed E-state index contributed by atoms with van der Waals surface area (Å²) in [7, 11) is 0. The second-order valence-corrected chi connectivity index (χ2v) is 12.0. The highest BCUT2D eigenvalue weighted by molar-refractivity contribution is 7.16. The Hall–Kier alpha value is -3.91. The number of aromatic nitrogens is 1. The molecule has 0 aliphatic carbocycles. The minimum Gasteiger partial charge on any atom is -0.372 e. The summed E-state index contributed by atoms with van der Waals surface area (Å²) < 4.78 is 0. The number of hydrogen-bond donors (Lipinski definition) is 0. The van der Waals surface area contributed by atoms with Crippen LogP contribution in [0.4, 0.5) is 22.2 Å². The van der Waals surface area contributed by atoms with Gasteiger partial charge in [-0.3, -0.25) is 10.1 Å². The molecule has 3 aromatic carbocycles. The molecule has 1 aromatic heterocycles. The lowest BCUT2D eigenvalue weighted by Crippen LogP contribution is -2.29. The average molecular weight is 598 g/mol. The molecule has 5 rings (SSSR count). The Kier molecular flexibility index (Phi) is 9.97. The van der Waals surface area contributed by atoms with Gasteiger partial charge in [-0.15, -0.1) is 11.3 Å². The van der Waals surface area contributed by atoms with Gasteiger partial charge >= 0.3 is 0 Å². The SMILES string of the molecule is CCN(CC)c1ccc(C(c2ccc(N(CC)CC)cc2)c2sc(N3CCCCC3)nc2-c2cccc([N+](=O)[O-])c2)cc1. The van der Waals surface area contributed by atoms with Crippen LogP contribution in [0.5, 0.6) is 0 Å². The summed E-state index contributed by atoms with van der Waals surface area (Å²) in [6.45, 7) is 14.5. The summed E-state index contributed by atoms with van der Waals surface area (Å²) in [6, 6.07) is 24.8. The van der Waals surface area contributed by atoms with Gasteiger partial charge in [-0.25, -0.2) is 4.98 Å². The van der Waals surface area contributed by atoms with Crippen LogP contribution in [0.1, 0.15) is 68.9 Å². The molecular formula is C35H43N5O2S. The van der Waals surface area contributed by atoms with Gasteiger partial charge in [0.05, 0.1) is 10.6 Å². The number of benzene rings is 3. The predicted molar refractivity (Wildman–Crippen MR) is 181 cm³/mol. The third-order valence-electron chi connectivity index (χ3n) is 8.57. The molecule has 2 heterocycles. The fourth-order valence-electron chi connectivity index (χ4n) is 6.14. The number of nitrogens with zero attached hydrogens (tertiary/aromatic N) is 5. The van der Waals surface area contributed by atoms with Crippen molar-refractivity contribution in [3.05, 3.63) is 98.9 Å². The summed E-state index contributed by atoms with van der Waals surface area (Å²) in [5.41, 5.74) is 6.50. The van der Waals surface area contributed by atoms with Crippen LogP contribution in [-0.4, -0.2) is 49.2 Å². The summed E-state index contributed by atoms with van der Waals surface area (Å²) in [5.74, 6) is -0.0678. The smallest absolute Gasteiger partial charge is 0.270 e. The first-order valence-electron chi connectivity index (χ1n) is 15.7. The molecule has 1 saturated heterocycles. The lowest BCUT2D eigenvalue weighted by atomic mass is 9.87. The molecule has 0 amide bonds. The Morgan fingerprint density at radius 2 is 1.35 bits per heavy atom. The van der Waals surface area contributed by atoms with E-state index in [1.807, 2.05) is 6.07 Å². The molecule has 0 bridgehead atoms. The Morgan fingerprint density at radius 3 is 1.84 bits per heavy atom. The molecule has 0 saturated carbocycles. The molecule has 4 aromatic rings. The maximum Gasteiger partial charge on any atom is 0.270 e. The zero-order valence-electron chi connectivity index (χ0n) is 25.8. The highest BCUT2D eigenvalue weighted by atomic mass is 32.1. The van der Waals surface area contributed by atoms with E-state index in [0.717, 1.165) is 73.4 Å². The number of thiazole rings is 1. The van der Waals surface area contributed by atoms with E-state index in [4.69, 9.17) is 4.98 Å². The molecular weight excluding hydrogens is 554 g/mol. The summed E-state index contributed by atoms with van der Waals surface area (Å²) in [5, 5.41) is 12.7. The molecule has 226 valence electrons. The maximum atomic E-state index is 11.7. The van der Waals surface area contributed by atoms with Crippen LogP contribution < -0.4 is 14.7 Å². The molecule has 0 N–H and O–H groups in total. The Labute approximate surface area is 259 Å². The first-order valence-corrected chi connectivity index (χ1v) is 16.5. The normalized spacial score (nSPS) is 13.4. The Balaban J connectivity index is 1.68. The van der Waals surface area contributed by atoms with Crippen molar-refractivity contribution in [2.24, 2.45) is 0 Å². The van der Waals surface area contributed by atoms with Crippen LogP contribution >= 0.6 is 11.3 Å². The molecule has 1 aliphatic rings. The number of anilines is 3. The minimum absolute atomic E-state index is 0.0678. The second kappa shape index (κ2) is 14.0. The fraction of sp³-hybridized carbons (Fsp3) is 0.400. The standard InChI is InChI=1S/C35H43N5O2S/c1-5-37(6-2)29-19-15-26(16-20-29)32(27-17-21-30(22-18-27)38(7-3)8-4)34-33(28-13-12-14-31(25-28)40(41)42)36-35(43-34)39-23-10-9-11-24-39/h12-22,25,32H,5-11,23-24H2,1-4H3. The summed E-state index contributed by atoms with van der Waals surface area (Å²) in [6.07, 6.45) is 3.56. The van der Waals surface area contributed by atoms with Gasteiger partial charge in [0.1, 0.15) is 0 Å². The van der Waals surface area contributed by atoms with Gasteiger partial charge in [0, 0.05) is 79.1 Å². The van der Waals surface area contributed by atoms with E-state index >= 15 is 0 Å². The van der Waals surface area contributed by atoms with Crippen LogP contribution in [0.2, 0.25) is 0 Å². The lowest BCUT2D eigenvalue weighted by Gasteiger charge is -2.26. The molecule has 0 radical (unpaired) electrons. The van der Waals surface area contributed by atoms with Crippen molar-refractivity contribution in [2.75, 3.05) is 54.0 Å². The summed E-state index contributed by atoms with van der Waals surface area (Å²) in [4.78, 5) is 24.9. The van der Waals surface area contributed by atoms with Gasteiger partial charge in [0.2, 0.25) is 0 Å². The maximum absolute atomic E-state index is 11.7. The third-order valence-corrected chi connectivity index (χ3v) is 9.75. The number of piperidine rings is 1. The van der Waals surface area contributed by atoms with Crippen molar-refractivity contribution in [3.8, 4) is 11.3 Å². The van der Waals surface area contributed by atoms with E-state index in [1.54, 1.807) is 29.5 Å². The molecule has 1 aliphatic heterocycles. The first-order chi connectivity index (χ1) is 21.0. The average Bonchev–Trinajstić information content (AvgIpc) is 3.49. The van der Waals surface area contributed by atoms with Gasteiger partial charge in [-0.1, -0.05) is 36.4 Å². The van der Waals surface area contributed by atoms with Crippen molar-refractivity contribution >= 4 is 33.5 Å². The van der Waals surface area contributed by atoms with Crippen LogP contribution in [-0.2, 0) is 0 Å². The molecule has 0 spiro atoms. The van der Waals surface area contributed by atoms with Crippen LogP contribution in [0.15, 0.2) is 72.8 Å². The van der Waals surface area contributed by atoms with Crippen molar-refractivity contribution in [2.45, 2.75) is 52.9 Å². The Morgan fingerprint density at radius 1 is 0.814 bits per heavy atom. The van der Waals surface area contributed by atoms with Crippen molar-refractivity contribution in [3.63, 3.8) is 0 Å². The largest absolute Gasteiger partial charge is 0.372 e. The number of nitro benzene ring substituents is 1. The van der Waals surface area contributed by atoms with Crippen molar-refractivity contribution in [1.29, 1.82) is 0 Å². The minimum atomic E-state index is -0.323. The molecule has 7 nitrogen and oxygen atoms in total. The van der Waals surface area contributed by atoms with Crippen LogP contribution in [0, 0.1) is 10.1 Å². The molecule has 1 fully saturated rings. The molecule has 0 atom stereocenters. The topological polar surface area (TPSA) is 65.8 Å². The molecule has 43 heavy (non-hydrogen) atoms. The van der Waals surface area contributed by atoms with Crippen molar-refractivity contribution in [1.82, 2.24) is 4.98 Å². The van der Waals surface area contributed by atoms with E-state index < -0.39 is 0 Å². The Bertz CT molecular complexity index is 1430. The summed E-state index contributed by atoms with van der Waals surface area (Å²) >= 11 is 1.74. The van der Waals surface area contributed by atoms with Gasteiger partial charge in [-0.05, 0) is 82.3 Å². The van der Waals surface area contributed by atoms with E-state index in [-0.39, 0.29) is 16.5 Å². The van der Waals surface area contributed by atoms with Gasteiger partial charge in [0.25, 0.3) is 5.69 Å². The van der Waals surface area contributed by atoms with Crippen LogP contribution in [0.25, 0.3) is 11.3 Å². The molecule has 0 unspecified atom stereocenters. The number of nitro groups is 1. The fourth-order valence-corrected chi connectivity index (χ4v) is 7.43.